The standard InChI is InChI=1S/C18H24N2O4/c1-11-8-15(23-3)16(24-4)9-13(11)18(22)20-7-5-6-12-14(20)10-19(2)17(12)21/h8-9,12,14H,5-7,10H2,1-4H3/t12-,14-/m1/s1. The van der Waals surface area contributed by atoms with Crippen molar-refractivity contribution in [1.82, 2.24) is 9.80 Å². The van der Waals surface area contributed by atoms with E-state index in [4.69, 9.17) is 9.47 Å². The average molecular weight is 332 g/mol. The maximum absolute atomic E-state index is 13.1. The second kappa shape index (κ2) is 6.34. The number of hydrogen-bond acceptors (Lipinski definition) is 4. The van der Waals surface area contributed by atoms with Crippen LogP contribution in [0.3, 0.4) is 0 Å². The van der Waals surface area contributed by atoms with E-state index < -0.39 is 0 Å². The molecule has 130 valence electrons. The summed E-state index contributed by atoms with van der Waals surface area (Å²) in [5.74, 6) is 1.21. The summed E-state index contributed by atoms with van der Waals surface area (Å²) in [4.78, 5) is 29.0. The van der Waals surface area contributed by atoms with Crippen LogP contribution in [0.1, 0.15) is 28.8 Å². The molecule has 0 radical (unpaired) electrons. The molecular weight excluding hydrogens is 308 g/mol. The molecule has 0 saturated carbocycles. The first-order chi connectivity index (χ1) is 11.5. The van der Waals surface area contributed by atoms with Crippen LogP contribution in [-0.4, -0.2) is 62.0 Å². The van der Waals surface area contributed by atoms with Gasteiger partial charge in [-0.05, 0) is 37.5 Å². The molecule has 3 rings (SSSR count). The van der Waals surface area contributed by atoms with Crippen molar-refractivity contribution in [2.45, 2.75) is 25.8 Å². The number of rotatable bonds is 3. The summed E-state index contributed by atoms with van der Waals surface area (Å²) >= 11 is 0. The Hall–Kier alpha value is -2.24. The third kappa shape index (κ3) is 2.60. The number of piperidine rings is 1. The van der Waals surface area contributed by atoms with Crippen molar-refractivity contribution >= 4 is 11.8 Å². The monoisotopic (exact) mass is 332 g/mol. The second-order valence-corrected chi connectivity index (χ2v) is 6.56. The van der Waals surface area contributed by atoms with Crippen LogP contribution in [0.25, 0.3) is 0 Å². The number of methoxy groups -OCH3 is 2. The lowest BCUT2D eigenvalue weighted by Gasteiger charge is -2.36. The SMILES string of the molecule is COc1cc(C)c(C(=O)N2CCC[C@H]3C(=O)N(C)C[C@H]32)cc1OC. The van der Waals surface area contributed by atoms with E-state index in [9.17, 15) is 9.59 Å². The van der Waals surface area contributed by atoms with Gasteiger partial charge in [-0.1, -0.05) is 0 Å². The van der Waals surface area contributed by atoms with Crippen LogP contribution in [0.15, 0.2) is 12.1 Å². The van der Waals surface area contributed by atoms with Crippen molar-refractivity contribution in [2.75, 3.05) is 34.4 Å². The molecule has 0 aromatic heterocycles. The summed E-state index contributed by atoms with van der Waals surface area (Å²) in [5.41, 5.74) is 1.45. The van der Waals surface area contributed by atoms with Gasteiger partial charge in [0.05, 0.1) is 26.2 Å². The number of fused-ring (bicyclic) bond motifs is 1. The Bertz CT molecular complexity index is 673. The summed E-state index contributed by atoms with van der Waals surface area (Å²) in [6.07, 6.45) is 1.72. The molecule has 2 fully saturated rings. The lowest BCUT2D eigenvalue weighted by molar-refractivity contribution is -0.130. The minimum absolute atomic E-state index is 0.0313. The third-order valence-electron chi connectivity index (χ3n) is 5.16. The molecule has 2 aliphatic heterocycles. The van der Waals surface area contributed by atoms with Crippen LogP contribution in [0.5, 0.6) is 11.5 Å². The molecule has 2 atom stereocenters. The summed E-state index contributed by atoms with van der Waals surface area (Å²) in [5, 5.41) is 0. The summed E-state index contributed by atoms with van der Waals surface area (Å²) < 4.78 is 10.6. The van der Waals surface area contributed by atoms with Crippen LogP contribution in [-0.2, 0) is 4.79 Å². The molecule has 0 spiro atoms. The minimum atomic E-state index is -0.0619. The molecule has 0 unspecified atom stereocenters. The molecule has 2 amide bonds. The van der Waals surface area contributed by atoms with Crippen LogP contribution in [0.2, 0.25) is 0 Å². The molecule has 0 bridgehead atoms. The van der Waals surface area contributed by atoms with Gasteiger partial charge >= 0.3 is 0 Å². The van der Waals surface area contributed by atoms with Gasteiger partial charge in [0.2, 0.25) is 5.91 Å². The van der Waals surface area contributed by atoms with Gasteiger partial charge in [0.1, 0.15) is 0 Å². The van der Waals surface area contributed by atoms with Crippen LogP contribution >= 0.6 is 0 Å². The van der Waals surface area contributed by atoms with Gasteiger partial charge in [0, 0.05) is 25.7 Å². The smallest absolute Gasteiger partial charge is 0.254 e. The fourth-order valence-electron chi connectivity index (χ4n) is 3.84. The Morgan fingerprint density at radius 1 is 1.21 bits per heavy atom. The first-order valence-corrected chi connectivity index (χ1v) is 8.26. The molecule has 2 heterocycles. The maximum Gasteiger partial charge on any atom is 0.254 e. The molecule has 0 N–H and O–H groups in total. The fourth-order valence-corrected chi connectivity index (χ4v) is 3.84. The van der Waals surface area contributed by atoms with Crippen molar-refractivity contribution in [1.29, 1.82) is 0 Å². The average Bonchev–Trinajstić information content (AvgIpc) is 2.88. The highest BCUT2D eigenvalue weighted by Gasteiger charge is 2.45. The van der Waals surface area contributed by atoms with Crippen molar-refractivity contribution < 1.29 is 19.1 Å². The van der Waals surface area contributed by atoms with Crippen molar-refractivity contribution in [3.05, 3.63) is 23.3 Å². The molecule has 1 aromatic rings. The molecule has 6 heteroatoms. The zero-order valence-electron chi connectivity index (χ0n) is 14.7. The summed E-state index contributed by atoms with van der Waals surface area (Å²) in [6, 6.07) is 3.52. The normalized spacial score (nSPS) is 23.2. The highest BCUT2D eigenvalue weighted by molar-refractivity contribution is 5.97. The highest BCUT2D eigenvalue weighted by atomic mass is 16.5. The Morgan fingerprint density at radius 3 is 2.54 bits per heavy atom. The topological polar surface area (TPSA) is 59.1 Å². The zero-order chi connectivity index (χ0) is 17.4. The van der Waals surface area contributed by atoms with Crippen LogP contribution in [0.4, 0.5) is 0 Å². The minimum Gasteiger partial charge on any atom is -0.493 e. The van der Waals surface area contributed by atoms with Crippen LogP contribution in [0, 0.1) is 12.8 Å². The van der Waals surface area contributed by atoms with Gasteiger partial charge in [-0.25, -0.2) is 0 Å². The number of amides is 2. The molecule has 6 nitrogen and oxygen atoms in total. The number of ether oxygens (including phenoxy) is 2. The van der Waals surface area contributed by atoms with E-state index >= 15 is 0 Å². The Kier molecular flexibility index (Phi) is 4.39. The second-order valence-electron chi connectivity index (χ2n) is 6.56. The third-order valence-corrected chi connectivity index (χ3v) is 5.16. The number of likely N-dealkylation sites (tertiary alicyclic amines) is 2. The lowest BCUT2D eigenvalue weighted by atomic mass is 9.90. The molecule has 24 heavy (non-hydrogen) atoms. The van der Waals surface area contributed by atoms with Gasteiger partial charge in [-0.2, -0.15) is 0 Å². The van der Waals surface area contributed by atoms with E-state index in [-0.39, 0.29) is 23.8 Å². The Morgan fingerprint density at radius 2 is 1.88 bits per heavy atom. The lowest BCUT2D eigenvalue weighted by Crippen LogP contribution is -2.48. The summed E-state index contributed by atoms with van der Waals surface area (Å²) in [7, 11) is 4.95. The number of carbonyl (C=O) groups excluding carboxylic acids is 2. The Balaban J connectivity index is 1.93. The summed E-state index contributed by atoms with van der Waals surface area (Å²) in [6.45, 7) is 3.19. The van der Waals surface area contributed by atoms with E-state index in [0.717, 1.165) is 18.4 Å². The molecule has 1 aromatic carbocycles. The van der Waals surface area contributed by atoms with Gasteiger partial charge in [0.15, 0.2) is 11.5 Å². The Labute approximate surface area is 142 Å². The van der Waals surface area contributed by atoms with Gasteiger partial charge in [0.25, 0.3) is 5.91 Å². The maximum atomic E-state index is 13.1. The van der Waals surface area contributed by atoms with E-state index in [0.29, 0.717) is 30.2 Å². The molecule has 2 aliphatic rings. The van der Waals surface area contributed by atoms with Crippen molar-refractivity contribution in [2.24, 2.45) is 5.92 Å². The van der Waals surface area contributed by atoms with Crippen LogP contribution < -0.4 is 9.47 Å². The van der Waals surface area contributed by atoms with E-state index in [1.165, 1.54) is 0 Å². The first-order valence-electron chi connectivity index (χ1n) is 8.26. The fraction of sp³-hybridized carbons (Fsp3) is 0.556. The molecular formula is C18H24N2O4. The molecule has 0 aliphatic carbocycles. The van der Waals surface area contributed by atoms with Crippen molar-refractivity contribution in [3.8, 4) is 11.5 Å². The number of likely N-dealkylation sites (N-methyl/N-ethyl adjacent to an activating group) is 1. The number of hydrogen-bond donors (Lipinski definition) is 0. The number of carbonyl (C=O) groups is 2. The largest absolute Gasteiger partial charge is 0.493 e. The highest BCUT2D eigenvalue weighted by Crippen LogP contribution is 2.35. The predicted octanol–water partition coefficient (Wildman–Crippen LogP) is 1.71. The predicted molar refractivity (Wildman–Crippen MR) is 89.5 cm³/mol. The van der Waals surface area contributed by atoms with Gasteiger partial charge in [-0.15, -0.1) is 0 Å². The zero-order valence-corrected chi connectivity index (χ0v) is 14.7. The number of aryl methyl sites for hydroxylation is 1. The van der Waals surface area contributed by atoms with E-state index in [1.54, 1.807) is 25.2 Å². The number of nitrogens with zero attached hydrogens (tertiary/aromatic N) is 2. The first kappa shape index (κ1) is 16.6. The quantitative estimate of drug-likeness (QED) is 0.845. The van der Waals surface area contributed by atoms with Crippen molar-refractivity contribution in [3.63, 3.8) is 0 Å². The van der Waals surface area contributed by atoms with Gasteiger partial charge in [-0.3, -0.25) is 9.59 Å². The number of benzene rings is 1. The van der Waals surface area contributed by atoms with Gasteiger partial charge < -0.3 is 19.3 Å². The van der Waals surface area contributed by atoms with E-state index in [1.807, 2.05) is 24.9 Å². The molecule has 2 saturated heterocycles. The van der Waals surface area contributed by atoms with E-state index in [2.05, 4.69) is 0 Å².